The second-order valence-corrected chi connectivity index (χ2v) is 4.47. The average Bonchev–Trinajstić information content (AvgIpc) is 2.76. The Labute approximate surface area is 106 Å². The van der Waals surface area contributed by atoms with Gasteiger partial charge in [-0.25, -0.2) is 4.98 Å². The minimum Gasteiger partial charge on any atom is -0.326 e. The quantitative estimate of drug-likeness (QED) is 0.899. The first kappa shape index (κ1) is 12.3. The zero-order valence-corrected chi connectivity index (χ0v) is 10.7. The number of hydrogen-bond acceptors (Lipinski definition) is 3. The molecular weight excluding hydrogens is 228 g/mol. The molecule has 5 heteroatoms. The van der Waals surface area contributed by atoms with Crippen molar-refractivity contribution in [2.45, 2.75) is 13.8 Å². The van der Waals surface area contributed by atoms with E-state index in [9.17, 15) is 4.79 Å². The summed E-state index contributed by atoms with van der Waals surface area (Å²) in [6.07, 6.45) is 1.65. The van der Waals surface area contributed by atoms with Crippen LogP contribution >= 0.6 is 0 Å². The van der Waals surface area contributed by atoms with Crippen LogP contribution in [0.4, 0.5) is 5.69 Å². The fourth-order valence-electron chi connectivity index (χ4n) is 1.49. The topological polar surface area (TPSA) is 59.8 Å². The monoisotopic (exact) mass is 244 g/mol. The largest absolute Gasteiger partial charge is 0.326 e. The molecule has 1 aromatic heterocycles. The first-order valence-electron chi connectivity index (χ1n) is 5.83. The highest BCUT2D eigenvalue weighted by molar-refractivity contribution is 5.92. The zero-order chi connectivity index (χ0) is 13.1. The van der Waals surface area contributed by atoms with E-state index in [2.05, 4.69) is 15.4 Å². The number of carbonyl (C=O) groups is 1. The summed E-state index contributed by atoms with van der Waals surface area (Å²) >= 11 is 0. The maximum absolute atomic E-state index is 11.6. The number of aromatic nitrogens is 3. The van der Waals surface area contributed by atoms with Crippen LogP contribution in [-0.4, -0.2) is 20.7 Å². The van der Waals surface area contributed by atoms with Gasteiger partial charge in [-0.2, -0.15) is 5.10 Å². The van der Waals surface area contributed by atoms with Crippen LogP contribution in [0.1, 0.15) is 13.8 Å². The number of anilines is 1. The highest BCUT2D eigenvalue weighted by atomic mass is 16.1. The lowest BCUT2D eigenvalue weighted by atomic mass is 10.1. The Morgan fingerprint density at radius 1 is 1.39 bits per heavy atom. The zero-order valence-electron chi connectivity index (χ0n) is 10.7. The number of nitrogens with zero attached hydrogens (tertiary/aromatic N) is 3. The number of hydrogen-bond donors (Lipinski definition) is 1. The lowest BCUT2D eigenvalue weighted by Crippen LogP contribution is -2.17. The second-order valence-electron chi connectivity index (χ2n) is 4.47. The summed E-state index contributed by atoms with van der Waals surface area (Å²) in [5.74, 6) is 0.612. The molecule has 0 aliphatic heterocycles. The second kappa shape index (κ2) is 5.00. The third kappa shape index (κ3) is 2.74. The molecule has 0 bridgehead atoms. The molecule has 1 heterocycles. The first-order chi connectivity index (χ1) is 8.56. The minimum atomic E-state index is -0.0402. The lowest BCUT2D eigenvalue weighted by Gasteiger charge is -2.08. The van der Waals surface area contributed by atoms with Gasteiger partial charge in [-0.3, -0.25) is 9.48 Å². The van der Waals surface area contributed by atoms with Crippen LogP contribution in [0.3, 0.4) is 0 Å². The van der Waals surface area contributed by atoms with Crippen molar-refractivity contribution in [1.82, 2.24) is 14.8 Å². The summed E-state index contributed by atoms with van der Waals surface area (Å²) in [5.41, 5.74) is 1.65. The van der Waals surface area contributed by atoms with Crippen LogP contribution in [-0.2, 0) is 11.8 Å². The maximum atomic E-state index is 11.6. The van der Waals surface area contributed by atoms with Crippen molar-refractivity contribution in [2.24, 2.45) is 13.0 Å². The van der Waals surface area contributed by atoms with Crippen molar-refractivity contribution in [3.63, 3.8) is 0 Å². The molecular formula is C13H16N4O. The van der Waals surface area contributed by atoms with Gasteiger partial charge in [-0.1, -0.05) is 26.0 Å². The average molecular weight is 244 g/mol. The Balaban J connectivity index is 2.23. The molecule has 18 heavy (non-hydrogen) atoms. The van der Waals surface area contributed by atoms with Gasteiger partial charge in [0.05, 0.1) is 0 Å². The first-order valence-corrected chi connectivity index (χ1v) is 5.83. The van der Waals surface area contributed by atoms with Gasteiger partial charge in [0.15, 0.2) is 5.82 Å². The summed E-state index contributed by atoms with van der Waals surface area (Å²) < 4.78 is 1.65. The van der Waals surface area contributed by atoms with Gasteiger partial charge in [-0.05, 0) is 12.1 Å². The van der Waals surface area contributed by atoms with Crippen LogP contribution in [0.15, 0.2) is 30.6 Å². The minimum absolute atomic E-state index is 0.00105. The summed E-state index contributed by atoms with van der Waals surface area (Å²) in [6, 6.07) is 7.52. The number of nitrogens with one attached hydrogen (secondary N) is 1. The standard InChI is InChI=1S/C13H16N4O/c1-9(2)13(18)15-11-6-4-5-10(7-11)12-14-8-17(3)16-12/h4-9H,1-3H3,(H,15,18). The summed E-state index contributed by atoms with van der Waals surface area (Å²) in [6.45, 7) is 3.72. The van der Waals surface area contributed by atoms with Crippen LogP contribution in [0.25, 0.3) is 11.4 Å². The fraction of sp³-hybridized carbons (Fsp3) is 0.308. The molecule has 0 saturated carbocycles. The van der Waals surface area contributed by atoms with E-state index in [4.69, 9.17) is 0 Å². The van der Waals surface area contributed by atoms with E-state index in [0.717, 1.165) is 11.3 Å². The molecule has 0 saturated heterocycles. The lowest BCUT2D eigenvalue weighted by molar-refractivity contribution is -0.118. The van der Waals surface area contributed by atoms with Crippen molar-refractivity contribution >= 4 is 11.6 Å². The Hall–Kier alpha value is -2.17. The third-order valence-corrected chi connectivity index (χ3v) is 2.51. The van der Waals surface area contributed by atoms with Crippen LogP contribution in [0.2, 0.25) is 0 Å². The number of amides is 1. The molecule has 1 amide bonds. The van der Waals surface area contributed by atoms with Crippen molar-refractivity contribution < 1.29 is 4.79 Å². The predicted octanol–water partition coefficient (Wildman–Crippen LogP) is 2.08. The van der Waals surface area contributed by atoms with Gasteiger partial charge in [0, 0.05) is 24.2 Å². The van der Waals surface area contributed by atoms with E-state index in [-0.39, 0.29) is 11.8 Å². The third-order valence-electron chi connectivity index (χ3n) is 2.51. The number of rotatable bonds is 3. The van der Waals surface area contributed by atoms with Crippen LogP contribution in [0.5, 0.6) is 0 Å². The van der Waals surface area contributed by atoms with E-state index >= 15 is 0 Å². The molecule has 2 rings (SSSR count). The number of benzene rings is 1. The molecule has 0 atom stereocenters. The molecule has 0 fully saturated rings. The predicted molar refractivity (Wildman–Crippen MR) is 69.9 cm³/mol. The molecule has 2 aromatic rings. The Morgan fingerprint density at radius 2 is 2.17 bits per heavy atom. The van der Waals surface area contributed by atoms with Crippen molar-refractivity contribution in [3.05, 3.63) is 30.6 Å². The van der Waals surface area contributed by atoms with Gasteiger partial charge in [0.25, 0.3) is 0 Å². The van der Waals surface area contributed by atoms with E-state index in [0.29, 0.717) is 5.82 Å². The highest BCUT2D eigenvalue weighted by Gasteiger charge is 2.08. The Bertz CT molecular complexity index is 560. The van der Waals surface area contributed by atoms with E-state index in [1.165, 1.54) is 0 Å². The SMILES string of the molecule is CC(C)C(=O)Nc1cccc(-c2ncn(C)n2)c1. The van der Waals surface area contributed by atoms with Crippen molar-refractivity contribution in [1.29, 1.82) is 0 Å². The number of aryl methyl sites for hydroxylation is 1. The Morgan fingerprint density at radius 3 is 2.78 bits per heavy atom. The van der Waals surface area contributed by atoms with Crippen molar-refractivity contribution in [2.75, 3.05) is 5.32 Å². The molecule has 0 aliphatic carbocycles. The van der Waals surface area contributed by atoms with Gasteiger partial charge < -0.3 is 5.32 Å². The molecule has 1 aromatic carbocycles. The number of carbonyl (C=O) groups excluding carboxylic acids is 1. The molecule has 1 N–H and O–H groups in total. The normalized spacial score (nSPS) is 10.7. The molecule has 0 aliphatic rings. The van der Waals surface area contributed by atoms with E-state index < -0.39 is 0 Å². The fourth-order valence-corrected chi connectivity index (χ4v) is 1.49. The van der Waals surface area contributed by atoms with Gasteiger partial charge >= 0.3 is 0 Å². The molecule has 0 unspecified atom stereocenters. The van der Waals surface area contributed by atoms with E-state index in [1.54, 1.807) is 11.0 Å². The highest BCUT2D eigenvalue weighted by Crippen LogP contribution is 2.19. The van der Waals surface area contributed by atoms with Gasteiger partial charge in [-0.15, -0.1) is 0 Å². The Kier molecular flexibility index (Phi) is 3.41. The van der Waals surface area contributed by atoms with Gasteiger partial charge in [0.1, 0.15) is 6.33 Å². The molecule has 0 spiro atoms. The summed E-state index contributed by atoms with van der Waals surface area (Å²) in [4.78, 5) is 15.8. The summed E-state index contributed by atoms with van der Waals surface area (Å²) in [5, 5.41) is 7.09. The van der Waals surface area contributed by atoms with Crippen molar-refractivity contribution in [3.8, 4) is 11.4 Å². The van der Waals surface area contributed by atoms with Gasteiger partial charge in [0.2, 0.25) is 5.91 Å². The summed E-state index contributed by atoms with van der Waals surface area (Å²) in [7, 11) is 1.82. The molecule has 5 nitrogen and oxygen atoms in total. The molecule has 94 valence electrons. The maximum Gasteiger partial charge on any atom is 0.226 e. The molecule has 0 radical (unpaired) electrons. The van der Waals surface area contributed by atoms with Crippen LogP contribution < -0.4 is 5.32 Å². The smallest absolute Gasteiger partial charge is 0.226 e. The van der Waals surface area contributed by atoms with E-state index in [1.807, 2.05) is 45.2 Å². The van der Waals surface area contributed by atoms with Crippen LogP contribution in [0, 0.1) is 5.92 Å².